The molecule has 2 unspecified atom stereocenters. The summed E-state index contributed by atoms with van der Waals surface area (Å²) in [6, 6.07) is 13.8. The largest absolute Gasteiger partial charge is 0.447 e. The Bertz CT molecular complexity index is 627. The molecule has 0 N–H and O–H groups in total. The van der Waals surface area contributed by atoms with Crippen molar-refractivity contribution in [3.63, 3.8) is 0 Å². The Hall–Kier alpha value is -2.13. The molecule has 20 heavy (non-hydrogen) atoms. The van der Waals surface area contributed by atoms with Crippen molar-refractivity contribution >= 4 is 14.4 Å². The van der Waals surface area contributed by atoms with Crippen LogP contribution in [0.15, 0.2) is 48.5 Å². The van der Waals surface area contributed by atoms with Gasteiger partial charge in [0, 0.05) is 23.6 Å². The maximum atomic E-state index is 10.7. The predicted molar refractivity (Wildman–Crippen MR) is 78.1 cm³/mol. The topological polar surface area (TPSA) is 69.4 Å². The monoisotopic (exact) mass is 291 g/mol. The zero-order chi connectivity index (χ0) is 14.5. The Labute approximate surface area is 117 Å². The predicted octanol–water partition coefficient (Wildman–Crippen LogP) is 3.80. The van der Waals surface area contributed by atoms with Crippen LogP contribution in [-0.4, -0.2) is 4.92 Å². The lowest BCUT2D eigenvalue weighted by atomic mass is 9.92. The number of nitro benzene ring substituents is 1. The molecular formula is C14H14NO4P. The lowest BCUT2D eigenvalue weighted by Crippen LogP contribution is -1.98. The van der Waals surface area contributed by atoms with E-state index in [0.717, 1.165) is 11.1 Å². The number of nitrogens with zero attached hydrogens (tertiary/aromatic N) is 1. The molecule has 0 aliphatic rings. The van der Waals surface area contributed by atoms with E-state index in [1.165, 1.54) is 12.1 Å². The van der Waals surface area contributed by atoms with Gasteiger partial charge in [-0.1, -0.05) is 37.3 Å². The van der Waals surface area contributed by atoms with Gasteiger partial charge in [0.2, 0.25) is 8.69 Å². The molecule has 0 saturated heterocycles. The van der Waals surface area contributed by atoms with E-state index in [4.69, 9.17) is 4.52 Å². The van der Waals surface area contributed by atoms with E-state index in [1.54, 1.807) is 18.2 Å². The Morgan fingerprint density at radius 2 is 1.80 bits per heavy atom. The lowest BCUT2D eigenvalue weighted by molar-refractivity contribution is -0.384. The minimum absolute atomic E-state index is 0.00189. The second kappa shape index (κ2) is 6.35. The van der Waals surface area contributed by atoms with Crippen LogP contribution in [0.25, 0.3) is 0 Å². The van der Waals surface area contributed by atoms with E-state index < -0.39 is 13.6 Å². The van der Waals surface area contributed by atoms with Gasteiger partial charge in [-0.15, -0.1) is 0 Å². The summed E-state index contributed by atoms with van der Waals surface area (Å²) < 4.78 is 15.9. The zero-order valence-electron chi connectivity index (χ0n) is 10.9. The van der Waals surface area contributed by atoms with Gasteiger partial charge in [0.05, 0.1) is 4.92 Å². The molecular weight excluding hydrogens is 277 g/mol. The van der Waals surface area contributed by atoms with Crippen LogP contribution in [0.1, 0.15) is 24.0 Å². The van der Waals surface area contributed by atoms with Gasteiger partial charge >= 0.3 is 0 Å². The fourth-order valence-electron chi connectivity index (χ4n) is 2.06. The van der Waals surface area contributed by atoms with Crippen LogP contribution in [0.5, 0.6) is 5.75 Å². The van der Waals surface area contributed by atoms with Crippen molar-refractivity contribution in [2.45, 2.75) is 12.8 Å². The summed E-state index contributed by atoms with van der Waals surface area (Å²) in [7, 11) is -1.32. The van der Waals surface area contributed by atoms with E-state index >= 15 is 0 Å². The quantitative estimate of drug-likeness (QED) is 0.477. The average Bonchev–Trinajstić information content (AvgIpc) is 2.47. The molecule has 5 nitrogen and oxygen atoms in total. The molecule has 2 aromatic rings. The molecule has 2 atom stereocenters. The second-order valence-electron chi connectivity index (χ2n) is 4.32. The maximum Gasteiger partial charge on any atom is 0.269 e. The summed E-state index contributed by atoms with van der Waals surface area (Å²) in [4.78, 5) is 10.2. The average molecular weight is 291 g/mol. The minimum atomic E-state index is -1.32. The highest BCUT2D eigenvalue weighted by Gasteiger charge is 2.14. The summed E-state index contributed by atoms with van der Waals surface area (Å²) in [5.74, 6) is 0.585. The molecule has 0 aliphatic carbocycles. The molecule has 0 saturated carbocycles. The summed E-state index contributed by atoms with van der Waals surface area (Å²) >= 11 is 0. The van der Waals surface area contributed by atoms with E-state index in [0.29, 0.717) is 5.75 Å². The third kappa shape index (κ3) is 3.06. The number of hydrogen-bond donors (Lipinski definition) is 0. The van der Waals surface area contributed by atoms with Crippen LogP contribution < -0.4 is 4.52 Å². The number of non-ortho nitro benzene ring substituents is 1. The number of benzene rings is 2. The lowest BCUT2D eigenvalue weighted by Gasteiger charge is -2.15. The van der Waals surface area contributed by atoms with Gasteiger partial charge in [-0.05, 0) is 11.6 Å². The number of para-hydroxylation sites is 1. The molecule has 104 valence electrons. The zero-order valence-corrected chi connectivity index (χ0v) is 12.0. The molecule has 0 radical (unpaired) electrons. The first-order valence-corrected chi connectivity index (χ1v) is 7.01. The molecule has 0 aliphatic heterocycles. The normalized spacial score (nSPS) is 12.4. The van der Waals surface area contributed by atoms with Gasteiger partial charge in [-0.25, -0.2) is 0 Å². The fraction of sp³-hybridized carbons (Fsp3) is 0.143. The van der Waals surface area contributed by atoms with Crippen LogP contribution in [-0.2, 0) is 4.57 Å². The van der Waals surface area contributed by atoms with E-state index in [-0.39, 0.29) is 11.6 Å². The van der Waals surface area contributed by atoms with Crippen molar-refractivity contribution < 1.29 is 14.0 Å². The fourth-order valence-corrected chi connectivity index (χ4v) is 2.38. The number of nitro groups is 1. The SMILES string of the molecule is CC(c1ccc([N+](=O)[O-])cc1)c1ccccc1O[PH2]=O. The number of rotatable bonds is 5. The van der Waals surface area contributed by atoms with E-state index in [1.807, 2.05) is 25.1 Å². The molecule has 0 amide bonds. The van der Waals surface area contributed by atoms with Crippen molar-refractivity contribution in [2.24, 2.45) is 0 Å². The highest BCUT2D eigenvalue weighted by molar-refractivity contribution is 7.17. The van der Waals surface area contributed by atoms with Gasteiger partial charge in [-0.2, -0.15) is 0 Å². The van der Waals surface area contributed by atoms with Crippen molar-refractivity contribution in [1.82, 2.24) is 0 Å². The third-order valence-corrected chi connectivity index (χ3v) is 3.51. The Kier molecular flexibility index (Phi) is 4.53. The van der Waals surface area contributed by atoms with Gasteiger partial charge in [-0.3, -0.25) is 14.7 Å². The van der Waals surface area contributed by atoms with E-state index in [9.17, 15) is 14.7 Å². The minimum Gasteiger partial charge on any atom is -0.447 e. The van der Waals surface area contributed by atoms with Crippen molar-refractivity contribution in [3.05, 3.63) is 69.8 Å². The Morgan fingerprint density at radius 1 is 1.15 bits per heavy atom. The van der Waals surface area contributed by atoms with Crippen molar-refractivity contribution in [2.75, 3.05) is 0 Å². The third-order valence-electron chi connectivity index (χ3n) is 3.16. The maximum absolute atomic E-state index is 10.7. The number of hydrogen-bond acceptors (Lipinski definition) is 4. The van der Waals surface area contributed by atoms with Gasteiger partial charge < -0.3 is 4.52 Å². The van der Waals surface area contributed by atoms with Crippen LogP contribution >= 0.6 is 8.69 Å². The van der Waals surface area contributed by atoms with Crippen LogP contribution in [0.4, 0.5) is 5.69 Å². The first-order chi connectivity index (χ1) is 9.63. The standard InChI is InChI=1S/C14H14NO4P/c1-10(11-6-8-12(9-7-11)15(16)17)13-4-2-3-5-14(13)19-20-18/h2-10H,20H2,1H3. The summed E-state index contributed by atoms with van der Waals surface area (Å²) in [5, 5.41) is 10.6. The van der Waals surface area contributed by atoms with Crippen LogP contribution in [0.2, 0.25) is 0 Å². The van der Waals surface area contributed by atoms with Gasteiger partial charge in [0.1, 0.15) is 5.75 Å². The van der Waals surface area contributed by atoms with Crippen molar-refractivity contribution in [1.29, 1.82) is 0 Å². The van der Waals surface area contributed by atoms with Crippen molar-refractivity contribution in [3.8, 4) is 5.75 Å². The molecule has 2 rings (SSSR count). The highest BCUT2D eigenvalue weighted by Crippen LogP contribution is 2.33. The van der Waals surface area contributed by atoms with Gasteiger partial charge in [0.15, 0.2) is 0 Å². The molecule has 6 heteroatoms. The van der Waals surface area contributed by atoms with Crippen LogP contribution in [0, 0.1) is 10.1 Å². The Balaban J connectivity index is 2.33. The highest BCUT2D eigenvalue weighted by atomic mass is 31.1. The van der Waals surface area contributed by atoms with Gasteiger partial charge in [0.25, 0.3) is 5.69 Å². The van der Waals surface area contributed by atoms with Crippen LogP contribution in [0.3, 0.4) is 0 Å². The molecule has 0 bridgehead atoms. The molecule has 0 fully saturated rings. The summed E-state index contributed by atoms with van der Waals surface area (Å²) in [6.07, 6.45) is 0. The summed E-state index contributed by atoms with van der Waals surface area (Å²) in [6.45, 7) is 1.98. The molecule has 2 aromatic carbocycles. The molecule has 0 spiro atoms. The second-order valence-corrected chi connectivity index (χ2v) is 4.75. The molecule has 0 heterocycles. The Morgan fingerprint density at radius 3 is 2.40 bits per heavy atom. The molecule has 0 aromatic heterocycles. The smallest absolute Gasteiger partial charge is 0.269 e. The van der Waals surface area contributed by atoms with E-state index in [2.05, 4.69) is 0 Å². The first kappa shape index (κ1) is 14.3. The first-order valence-electron chi connectivity index (χ1n) is 6.07. The summed E-state index contributed by atoms with van der Waals surface area (Å²) in [5.41, 5.74) is 1.91.